The van der Waals surface area contributed by atoms with Crippen molar-refractivity contribution in [1.82, 2.24) is 4.90 Å². The zero-order chi connectivity index (χ0) is 15.7. The number of esters is 1. The first-order valence-corrected chi connectivity index (χ1v) is 7.69. The van der Waals surface area contributed by atoms with E-state index in [1.807, 2.05) is 13.8 Å². The molecule has 114 valence electrons. The molecule has 1 atom stereocenters. The van der Waals surface area contributed by atoms with Crippen LogP contribution in [0.1, 0.15) is 41.5 Å². The van der Waals surface area contributed by atoms with E-state index in [4.69, 9.17) is 4.74 Å². The molecule has 0 aromatic carbocycles. The first kappa shape index (κ1) is 17.0. The van der Waals surface area contributed by atoms with Crippen molar-refractivity contribution in [2.75, 3.05) is 12.4 Å². The van der Waals surface area contributed by atoms with Crippen molar-refractivity contribution < 1.29 is 19.1 Å². The fourth-order valence-electron chi connectivity index (χ4n) is 2.03. The maximum atomic E-state index is 12.5. The van der Waals surface area contributed by atoms with Crippen molar-refractivity contribution in [2.24, 2.45) is 5.41 Å². The summed E-state index contributed by atoms with van der Waals surface area (Å²) in [5.74, 6) is -1.08. The molecule has 1 saturated heterocycles. The number of rotatable bonds is 3. The monoisotopic (exact) mass is 301 g/mol. The number of hydrogen-bond acceptors (Lipinski definition) is 5. The van der Waals surface area contributed by atoms with Crippen LogP contribution in [0.3, 0.4) is 0 Å². The van der Waals surface area contributed by atoms with E-state index in [1.54, 1.807) is 27.7 Å². The molecule has 0 aromatic rings. The molecule has 20 heavy (non-hydrogen) atoms. The number of Topliss-reactive ketones (excluding diaryl/α,β-unsaturated/α-hetero) is 1. The van der Waals surface area contributed by atoms with E-state index in [2.05, 4.69) is 0 Å². The minimum Gasteiger partial charge on any atom is -0.464 e. The maximum absolute atomic E-state index is 12.5. The Morgan fingerprint density at radius 2 is 1.85 bits per heavy atom. The van der Waals surface area contributed by atoms with Gasteiger partial charge in [-0.25, -0.2) is 4.79 Å². The lowest BCUT2D eigenvalue weighted by atomic mass is 9.89. The van der Waals surface area contributed by atoms with Crippen LogP contribution in [0, 0.1) is 5.41 Å². The Kier molecular flexibility index (Phi) is 4.90. The van der Waals surface area contributed by atoms with E-state index in [0.717, 1.165) is 0 Å². The second kappa shape index (κ2) is 5.76. The van der Waals surface area contributed by atoms with Gasteiger partial charge in [0.2, 0.25) is 5.78 Å². The van der Waals surface area contributed by atoms with Gasteiger partial charge in [0.05, 0.1) is 11.5 Å². The van der Waals surface area contributed by atoms with Crippen LogP contribution in [0.5, 0.6) is 0 Å². The smallest absolute Gasteiger partial charge is 0.329 e. The predicted molar refractivity (Wildman–Crippen MR) is 78.3 cm³/mol. The summed E-state index contributed by atoms with van der Waals surface area (Å²) < 4.78 is 5.01. The topological polar surface area (TPSA) is 63.7 Å². The van der Waals surface area contributed by atoms with Gasteiger partial charge in [-0.15, -0.1) is 11.8 Å². The average molecular weight is 301 g/mol. The van der Waals surface area contributed by atoms with Gasteiger partial charge in [0.1, 0.15) is 6.04 Å². The highest BCUT2D eigenvalue weighted by Gasteiger charge is 2.50. The molecule has 6 heteroatoms. The highest BCUT2D eigenvalue weighted by atomic mass is 32.2. The molecular formula is C14H23NO4S. The molecule has 0 aliphatic carbocycles. The fourth-order valence-corrected chi connectivity index (χ4v) is 3.23. The number of nitrogens with zero attached hydrogens (tertiary/aromatic N) is 1. The molecule has 5 nitrogen and oxygen atoms in total. The number of hydrogen-bond donors (Lipinski definition) is 0. The fraction of sp³-hybridized carbons (Fsp3) is 0.786. The SMILES string of the molecule is CCOC(=O)[C@@H]1CSC(C)(C)N1C(=O)C(=O)C(C)(C)C. The summed E-state index contributed by atoms with van der Waals surface area (Å²) >= 11 is 1.48. The van der Waals surface area contributed by atoms with E-state index in [-0.39, 0.29) is 6.61 Å². The van der Waals surface area contributed by atoms with Crippen LogP contribution in [-0.4, -0.2) is 45.8 Å². The quantitative estimate of drug-likeness (QED) is 0.588. The summed E-state index contributed by atoms with van der Waals surface area (Å²) in [7, 11) is 0. The van der Waals surface area contributed by atoms with Gasteiger partial charge in [-0.3, -0.25) is 9.59 Å². The molecular weight excluding hydrogens is 278 g/mol. The van der Waals surface area contributed by atoms with Crippen LogP contribution in [0.2, 0.25) is 0 Å². The van der Waals surface area contributed by atoms with Crippen LogP contribution < -0.4 is 0 Å². The molecule has 0 radical (unpaired) electrons. The Morgan fingerprint density at radius 1 is 1.30 bits per heavy atom. The zero-order valence-corrected chi connectivity index (χ0v) is 13.8. The van der Waals surface area contributed by atoms with Crippen molar-refractivity contribution in [2.45, 2.75) is 52.5 Å². The molecule has 1 aliphatic heterocycles. The number of thioether (sulfide) groups is 1. The largest absolute Gasteiger partial charge is 0.464 e. The van der Waals surface area contributed by atoms with Gasteiger partial charge >= 0.3 is 5.97 Å². The van der Waals surface area contributed by atoms with Gasteiger partial charge in [0, 0.05) is 11.2 Å². The standard InChI is InChI=1S/C14H23NO4S/c1-7-19-12(18)9-8-20-14(5,6)15(9)11(17)10(16)13(2,3)4/h9H,7-8H2,1-6H3/t9-/m0/s1. The van der Waals surface area contributed by atoms with Crippen LogP contribution in [0.25, 0.3) is 0 Å². The van der Waals surface area contributed by atoms with Crippen LogP contribution >= 0.6 is 11.8 Å². The van der Waals surface area contributed by atoms with Crippen molar-refractivity contribution in [3.05, 3.63) is 0 Å². The number of carbonyl (C=O) groups excluding carboxylic acids is 3. The van der Waals surface area contributed by atoms with E-state index in [9.17, 15) is 14.4 Å². The predicted octanol–water partition coefficient (Wildman–Crippen LogP) is 1.84. The normalized spacial score (nSPS) is 21.7. The van der Waals surface area contributed by atoms with Gasteiger partial charge < -0.3 is 9.64 Å². The van der Waals surface area contributed by atoms with Crippen LogP contribution in [-0.2, 0) is 19.1 Å². The van der Waals surface area contributed by atoms with E-state index in [0.29, 0.717) is 5.75 Å². The van der Waals surface area contributed by atoms with Gasteiger partial charge in [0.25, 0.3) is 5.91 Å². The Morgan fingerprint density at radius 3 is 2.30 bits per heavy atom. The zero-order valence-electron chi connectivity index (χ0n) is 13.0. The number of amides is 1. The lowest BCUT2D eigenvalue weighted by Crippen LogP contribution is -2.54. The Labute approximate surface area is 124 Å². The van der Waals surface area contributed by atoms with Crippen molar-refractivity contribution >= 4 is 29.4 Å². The summed E-state index contributed by atoms with van der Waals surface area (Å²) in [4.78, 5) is 37.5. The molecule has 1 rings (SSSR count). The third kappa shape index (κ3) is 3.34. The third-order valence-electron chi connectivity index (χ3n) is 3.14. The van der Waals surface area contributed by atoms with E-state index in [1.165, 1.54) is 16.7 Å². The minimum atomic E-state index is -0.764. The van der Waals surface area contributed by atoms with Gasteiger partial charge in [-0.2, -0.15) is 0 Å². The minimum absolute atomic E-state index is 0.260. The first-order valence-electron chi connectivity index (χ1n) is 6.71. The Balaban J connectivity index is 3.05. The molecule has 1 heterocycles. The van der Waals surface area contributed by atoms with Crippen molar-refractivity contribution in [3.63, 3.8) is 0 Å². The molecule has 0 spiro atoms. The van der Waals surface area contributed by atoms with Gasteiger partial charge in [-0.1, -0.05) is 20.8 Å². The Hall–Kier alpha value is -1.04. The molecule has 0 unspecified atom stereocenters. The second-order valence-electron chi connectivity index (χ2n) is 6.28. The van der Waals surface area contributed by atoms with Crippen molar-refractivity contribution in [3.8, 4) is 0 Å². The lowest BCUT2D eigenvalue weighted by molar-refractivity contribution is -0.159. The lowest BCUT2D eigenvalue weighted by Gasteiger charge is -2.34. The Bertz CT molecular complexity index is 425. The summed E-state index contributed by atoms with van der Waals surface area (Å²) in [5.41, 5.74) is -0.764. The highest BCUT2D eigenvalue weighted by molar-refractivity contribution is 8.00. The van der Waals surface area contributed by atoms with Gasteiger partial charge in [-0.05, 0) is 20.8 Å². The molecule has 0 N–H and O–H groups in total. The molecule has 1 aliphatic rings. The number of ether oxygens (including phenoxy) is 1. The number of ketones is 1. The maximum Gasteiger partial charge on any atom is 0.329 e. The third-order valence-corrected chi connectivity index (χ3v) is 4.52. The number of carbonyl (C=O) groups is 3. The van der Waals surface area contributed by atoms with Crippen molar-refractivity contribution in [1.29, 1.82) is 0 Å². The van der Waals surface area contributed by atoms with Gasteiger partial charge in [0.15, 0.2) is 0 Å². The molecule has 1 fully saturated rings. The van der Waals surface area contributed by atoms with E-state index < -0.39 is 34.0 Å². The van der Waals surface area contributed by atoms with Crippen LogP contribution in [0.15, 0.2) is 0 Å². The molecule has 1 amide bonds. The summed E-state index contributed by atoms with van der Waals surface area (Å²) in [6.45, 7) is 10.7. The molecule has 0 saturated carbocycles. The second-order valence-corrected chi connectivity index (χ2v) is 7.90. The summed E-state index contributed by atoms with van der Waals surface area (Å²) in [6.07, 6.45) is 0. The van der Waals surface area contributed by atoms with E-state index >= 15 is 0 Å². The summed E-state index contributed by atoms with van der Waals surface area (Å²) in [6, 6.07) is -0.686. The average Bonchev–Trinajstić information content (AvgIpc) is 2.62. The highest BCUT2D eigenvalue weighted by Crippen LogP contribution is 2.40. The molecule has 0 bridgehead atoms. The summed E-state index contributed by atoms with van der Waals surface area (Å²) in [5, 5.41) is 0. The van der Waals surface area contributed by atoms with Crippen LogP contribution in [0.4, 0.5) is 0 Å². The molecule has 0 aromatic heterocycles. The first-order chi connectivity index (χ1) is 9.02.